The van der Waals surface area contributed by atoms with Gasteiger partial charge < -0.3 is 9.47 Å². The molecule has 2 fully saturated rings. The van der Waals surface area contributed by atoms with E-state index in [1.165, 1.54) is 31.9 Å². The van der Waals surface area contributed by atoms with Gasteiger partial charge in [0.2, 0.25) is 0 Å². The topological polar surface area (TPSA) is 35.5 Å². The maximum atomic E-state index is 11.9. The fourth-order valence-corrected chi connectivity index (χ4v) is 4.02. The van der Waals surface area contributed by atoms with Gasteiger partial charge in [0, 0.05) is 9.84 Å². The molecule has 2 aliphatic carbocycles. The summed E-state index contributed by atoms with van der Waals surface area (Å²) >= 11 is 2.48. The van der Waals surface area contributed by atoms with Crippen molar-refractivity contribution in [3.8, 4) is 5.75 Å². The zero-order valence-electron chi connectivity index (χ0n) is 13.1. The number of hydrogen-bond acceptors (Lipinski definition) is 3. The van der Waals surface area contributed by atoms with Crippen molar-refractivity contribution in [3.63, 3.8) is 0 Å². The molecule has 22 heavy (non-hydrogen) atoms. The van der Waals surface area contributed by atoms with Crippen molar-refractivity contribution in [1.82, 2.24) is 0 Å². The summed E-state index contributed by atoms with van der Waals surface area (Å²) in [4.78, 5) is 11.9. The van der Waals surface area contributed by atoms with Gasteiger partial charge in [0.05, 0.1) is 19.6 Å². The van der Waals surface area contributed by atoms with Gasteiger partial charge in [-0.3, -0.25) is 4.79 Å². The van der Waals surface area contributed by atoms with Crippen molar-refractivity contribution in [2.45, 2.75) is 36.0 Å². The highest BCUT2D eigenvalue weighted by Crippen LogP contribution is 2.47. The van der Waals surface area contributed by atoms with Crippen LogP contribution in [-0.2, 0) is 9.53 Å². The average Bonchev–Trinajstić information content (AvgIpc) is 3.44. The standard InChI is InChI=1S/C18H23IO3/c1-11(18(20)21-2)17(12-6-7-12)13-4-3-5-15(8-13)22-10-14-9-16(14)19/h3-5,8,11-12,14,16-17H,6-7,9-10H2,1-2H3/t11-,14+,16?,17-/m0/s1. The van der Waals surface area contributed by atoms with Crippen LogP contribution in [0, 0.1) is 17.8 Å². The van der Waals surface area contributed by atoms with E-state index in [2.05, 4.69) is 34.7 Å². The van der Waals surface area contributed by atoms with Crippen molar-refractivity contribution in [1.29, 1.82) is 0 Å². The summed E-state index contributed by atoms with van der Waals surface area (Å²) in [5.74, 6) is 2.26. The molecule has 4 atom stereocenters. The maximum absolute atomic E-state index is 11.9. The van der Waals surface area contributed by atoms with Gasteiger partial charge in [-0.2, -0.15) is 0 Å². The van der Waals surface area contributed by atoms with E-state index in [-0.39, 0.29) is 17.8 Å². The third-order valence-corrected chi connectivity index (χ3v) is 6.31. The van der Waals surface area contributed by atoms with Crippen LogP contribution in [-0.4, -0.2) is 23.6 Å². The Labute approximate surface area is 145 Å². The first-order chi connectivity index (χ1) is 10.6. The quantitative estimate of drug-likeness (QED) is 0.381. The Morgan fingerprint density at radius 3 is 2.73 bits per heavy atom. The lowest BCUT2D eigenvalue weighted by molar-refractivity contribution is -0.145. The van der Waals surface area contributed by atoms with E-state index >= 15 is 0 Å². The number of rotatable bonds is 7. The van der Waals surface area contributed by atoms with Crippen LogP contribution in [0.3, 0.4) is 0 Å². The predicted octanol–water partition coefficient (Wildman–Crippen LogP) is 4.19. The highest BCUT2D eigenvalue weighted by Gasteiger charge is 2.39. The Morgan fingerprint density at radius 1 is 1.41 bits per heavy atom. The van der Waals surface area contributed by atoms with E-state index in [4.69, 9.17) is 9.47 Å². The minimum Gasteiger partial charge on any atom is -0.493 e. The third-order valence-electron chi connectivity index (χ3n) is 4.78. The molecule has 2 saturated carbocycles. The molecule has 1 aromatic rings. The molecule has 0 bridgehead atoms. The molecule has 0 radical (unpaired) electrons. The summed E-state index contributed by atoms with van der Waals surface area (Å²) < 4.78 is 11.7. The average molecular weight is 414 g/mol. The molecule has 0 saturated heterocycles. The molecule has 2 aliphatic rings. The van der Waals surface area contributed by atoms with Gasteiger partial charge in [0.1, 0.15) is 5.75 Å². The Bertz CT molecular complexity index is 541. The predicted molar refractivity (Wildman–Crippen MR) is 94.5 cm³/mol. The molecule has 0 aromatic heterocycles. The van der Waals surface area contributed by atoms with Gasteiger partial charge in [-0.05, 0) is 48.8 Å². The second-order valence-corrected chi connectivity index (χ2v) is 8.17. The number of alkyl halides is 1. The lowest BCUT2D eigenvalue weighted by Gasteiger charge is -2.23. The smallest absolute Gasteiger partial charge is 0.309 e. The summed E-state index contributed by atoms with van der Waals surface area (Å²) in [6.45, 7) is 2.78. The number of methoxy groups -OCH3 is 1. The van der Waals surface area contributed by atoms with Crippen molar-refractivity contribution in [2.24, 2.45) is 17.8 Å². The van der Waals surface area contributed by atoms with Gasteiger partial charge in [0.25, 0.3) is 0 Å². The molecule has 1 unspecified atom stereocenters. The fraction of sp³-hybridized carbons (Fsp3) is 0.611. The van der Waals surface area contributed by atoms with Crippen LogP contribution < -0.4 is 4.74 Å². The minimum atomic E-state index is -0.117. The molecular weight excluding hydrogens is 391 g/mol. The number of ether oxygens (including phenoxy) is 2. The maximum Gasteiger partial charge on any atom is 0.309 e. The van der Waals surface area contributed by atoms with E-state index in [1.54, 1.807) is 0 Å². The second kappa shape index (κ2) is 6.77. The van der Waals surface area contributed by atoms with E-state index in [0.29, 0.717) is 11.8 Å². The van der Waals surface area contributed by atoms with Crippen molar-refractivity contribution in [2.75, 3.05) is 13.7 Å². The van der Waals surface area contributed by atoms with E-state index < -0.39 is 0 Å². The van der Waals surface area contributed by atoms with Crippen molar-refractivity contribution >= 4 is 28.6 Å². The molecule has 4 heteroatoms. The number of benzene rings is 1. The summed E-state index contributed by atoms with van der Waals surface area (Å²) in [5.41, 5.74) is 1.21. The molecule has 0 N–H and O–H groups in total. The lowest BCUT2D eigenvalue weighted by Crippen LogP contribution is -2.22. The first kappa shape index (κ1) is 16.1. The van der Waals surface area contributed by atoms with Crippen molar-refractivity contribution < 1.29 is 14.3 Å². The van der Waals surface area contributed by atoms with E-state index in [0.717, 1.165) is 16.3 Å². The Morgan fingerprint density at radius 2 is 2.14 bits per heavy atom. The zero-order valence-corrected chi connectivity index (χ0v) is 15.3. The van der Waals surface area contributed by atoms with Crippen LogP contribution in [0.4, 0.5) is 0 Å². The molecule has 3 rings (SSSR count). The van der Waals surface area contributed by atoms with E-state index in [1.807, 2.05) is 19.1 Å². The Kier molecular flexibility index (Phi) is 4.95. The molecule has 3 nitrogen and oxygen atoms in total. The number of carbonyl (C=O) groups excluding carboxylic acids is 1. The number of esters is 1. The molecule has 0 heterocycles. The monoisotopic (exact) mass is 414 g/mol. The highest BCUT2D eigenvalue weighted by atomic mass is 127. The van der Waals surface area contributed by atoms with Crippen LogP contribution in [0.2, 0.25) is 0 Å². The minimum absolute atomic E-state index is 0.102. The summed E-state index contributed by atoms with van der Waals surface area (Å²) in [6.07, 6.45) is 3.68. The van der Waals surface area contributed by atoms with Gasteiger partial charge in [0.15, 0.2) is 0 Å². The summed E-state index contributed by atoms with van der Waals surface area (Å²) in [7, 11) is 1.47. The van der Waals surface area contributed by atoms with Gasteiger partial charge in [-0.15, -0.1) is 0 Å². The third kappa shape index (κ3) is 3.76. The van der Waals surface area contributed by atoms with Crippen molar-refractivity contribution in [3.05, 3.63) is 29.8 Å². The first-order valence-electron chi connectivity index (χ1n) is 8.04. The Hall–Kier alpha value is -0.780. The van der Waals surface area contributed by atoms with Crippen LogP contribution in [0.15, 0.2) is 24.3 Å². The summed E-state index contributed by atoms with van der Waals surface area (Å²) in [5, 5.41) is 0. The van der Waals surface area contributed by atoms with Gasteiger partial charge in [-0.25, -0.2) is 0 Å². The molecule has 120 valence electrons. The highest BCUT2D eigenvalue weighted by molar-refractivity contribution is 14.1. The fourth-order valence-electron chi connectivity index (χ4n) is 3.15. The molecule has 1 aromatic carbocycles. The van der Waals surface area contributed by atoms with Gasteiger partial charge in [-0.1, -0.05) is 41.6 Å². The SMILES string of the molecule is COC(=O)[C@@H](C)[C@H](c1cccc(OC[C@H]2CC2I)c1)C1CC1. The first-order valence-corrected chi connectivity index (χ1v) is 9.29. The normalized spacial score (nSPS) is 26.1. The van der Waals surface area contributed by atoms with Crippen LogP contribution >= 0.6 is 22.6 Å². The second-order valence-electron chi connectivity index (χ2n) is 6.57. The zero-order chi connectivity index (χ0) is 15.7. The van der Waals surface area contributed by atoms with Crippen LogP contribution in [0.5, 0.6) is 5.75 Å². The number of hydrogen-bond donors (Lipinski definition) is 0. The molecule has 0 amide bonds. The molecule has 0 spiro atoms. The lowest BCUT2D eigenvalue weighted by atomic mass is 9.83. The van der Waals surface area contributed by atoms with Crippen LogP contribution in [0.1, 0.15) is 37.7 Å². The molecular formula is C18H23IO3. The largest absolute Gasteiger partial charge is 0.493 e. The van der Waals surface area contributed by atoms with Crippen LogP contribution in [0.25, 0.3) is 0 Å². The Balaban J connectivity index is 1.71. The van der Waals surface area contributed by atoms with E-state index in [9.17, 15) is 4.79 Å². The number of carbonyl (C=O) groups is 1. The molecule has 0 aliphatic heterocycles. The van der Waals surface area contributed by atoms with Gasteiger partial charge >= 0.3 is 5.97 Å². The number of halogens is 1. The summed E-state index contributed by atoms with van der Waals surface area (Å²) in [6, 6.07) is 8.29.